The molecule has 170 valence electrons. The topological polar surface area (TPSA) is 114 Å². The van der Waals surface area contributed by atoms with Crippen LogP contribution in [0.25, 0.3) is 22.4 Å². The largest absolute Gasteiger partial charge is 0.348 e. The molecule has 10 heteroatoms. The number of carbonyl (C=O) groups is 1. The van der Waals surface area contributed by atoms with Gasteiger partial charge in [0, 0.05) is 12.1 Å². The van der Waals surface area contributed by atoms with Crippen LogP contribution in [0.15, 0.2) is 59.1 Å². The first-order valence-corrected chi connectivity index (χ1v) is 11.7. The van der Waals surface area contributed by atoms with Gasteiger partial charge >= 0.3 is 0 Å². The highest BCUT2D eigenvalue weighted by Crippen LogP contribution is 2.27. The predicted molar refractivity (Wildman–Crippen MR) is 121 cm³/mol. The SMILES string of the molecule is CNS(=O)(=O)Cc1ccc(CNC(=O)c2cc(-c3ccc(F)cc3)nc3onc(C)c23)cc1. The number of nitrogens with zero attached hydrogens (tertiary/aromatic N) is 2. The van der Waals surface area contributed by atoms with Gasteiger partial charge in [-0.05, 0) is 55.4 Å². The molecule has 0 unspecified atom stereocenters. The molecule has 4 aromatic rings. The lowest BCUT2D eigenvalue weighted by Gasteiger charge is -2.09. The second-order valence-corrected chi connectivity index (χ2v) is 9.40. The van der Waals surface area contributed by atoms with Gasteiger partial charge in [-0.25, -0.2) is 22.5 Å². The summed E-state index contributed by atoms with van der Waals surface area (Å²) < 4.78 is 44.2. The number of aromatic nitrogens is 2. The molecule has 2 N–H and O–H groups in total. The third-order valence-corrected chi connectivity index (χ3v) is 6.48. The molecule has 0 saturated heterocycles. The molecule has 2 heterocycles. The first-order chi connectivity index (χ1) is 15.8. The van der Waals surface area contributed by atoms with Crippen LogP contribution in [0.3, 0.4) is 0 Å². The number of fused-ring (bicyclic) bond motifs is 1. The Morgan fingerprint density at radius 3 is 2.39 bits per heavy atom. The molecule has 2 aromatic carbocycles. The van der Waals surface area contributed by atoms with Crippen molar-refractivity contribution in [2.45, 2.75) is 19.2 Å². The summed E-state index contributed by atoms with van der Waals surface area (Å²) >= 11 is 0. The van der Waals surface area contributed by atoms with Crippen molar-refractivity contribution in [3.05, 3.63) is 82.8 Å². The average Bonchev–Trinajstić information content (AvgIpc) is 3.19. The number of carbonyl (C=O) groups excluding carboxylic acids is 1. The van der Waals surface area contributed by atoms with Gasteiger partial charge in [-0.2, -0.15) is 0 Å². The normalized spacial score (nSPS) is 11.6. The van der Waals surface area contributed by atoms with E-state index in [1.54, 1.807) is 49.4 Å². The Bertz CT molecular complexity index is 1420. The van der Waals surface area contributed by atoms with E-state index in [0.29, 0.717) is 33.5 Å². The predicted octanol–water partition coefficient (Wildman–Crippen LogP) is 3.32. The molecule has 8 nitrogen and oxygen atoms in total. The van der Waals surface area contributed by atoms with Crippen molar-refractivity contribution in [3.63, 3.8) is 0 Å². The Morgan fingerprint density at radius 2 is 1.73 bits per heavy atom. The summed E-state index contributed by atoms with van der Waals surface area (Å²) in [5.74, 6) is -0.842. The third kappa shape index (κ3) is 5.07. The lowest BCUT2D eigenvalue weighted by Crippen LogP contribution is -2.23. The highest BCUT2D eigenvalue weighted by atomic mass is 32.2. The Labute approximate surface area is 189 Å². The van der Waals surface area contributed by atoms with Crippen LogP contribution in [-0.2, 0) is 22.3 Å². The molecular formula is C23H21FN4O4S. The fourth-order valence-corrected chi connectivity index (χ4v) is 4.14. The Balaban J connectivity index is 1.56. The van der Waals surface area contributed by atoms with E-state index in [2.05, 4.69) is 20.2 Å². The lowest BCUT2D eigenvalue weighted by molar-refractivity contribution is 0.0952. The van der Waals surface area contributed by atoms with E-state index in [0.717, 1.165) is 5.56 Å². The van der Waals surface area contributed by atoms with Crippen molar-refractivity contribution >= 4 is 27.0 Å². The Hall–Kier alpha value is -3.63. The van der Waals surface area contributed by atoms with Crippen LogP contribution in [0.2, 0.25) is 0 Å². The van der Waals surface area contributed by atoms with Crippen LogP contribution in [0, 0.1) is 12.7 Å². The second-order valence-electron chi connectivity index (χ2n) is 7.47. The molecule has 0 saturated carbocycles. The molecule has 0 aliphatic carbocycles. The number of nitrogens with one attached hydrogen (secondary N) is 2. The van der Waals surface area contributed by atoms with E-state index >= 15 is 0 Å². The lowest BCUT2D eigenvalue weighted by atomic mass is 10.0. The molecule has 0 spiro atoms. The molecule has 33 heavy (non-hydrogen) atoms. The van der Waals surface area contributed by atoms with Gasteiger partial charge < -0.3 is 9.84 Å². The molecule has 0 aliphatic rings. The minimum absolute atomic E-state index is 0.121. The quantitative estimate of drug-likeness (QED) is 0.430. The number of hydrogen-bond donors (Lipinski definition) is 2. The Morgan fingerprint density at radius 1 is 1.06 bits per heavy atom. The van der Waals surface area contributed by atoms with Crippen LogP contribution >= 0.6 is 0 Å². The highest BCUT2D eigenvalue weighted by Gasteiger charge is 2.19. The van der Waals surface area contributed by atoms with Crippen molar-refractivity contribution in [3.8, 4) is 11.3 Å². The van der Waals surface area contributed by atoms with Gasteiger partial charge in [0.1, 0.15) is 5.82 Å². The van der Waals surface area contributed by atoms with Gasteiger partial charge in [-0.15, -0.1) is 0 Å². The summed E-state index contributed by atoms with van der Waals surface area (Å²) in [7, 11) is -1.99. The monoisotopic (exact) mass is 468 g/mol. The molecular weight excluding hydrogens is 447 g/mol. The average molecular weight is 469 g/mol. The number of hydrogen-bond acceptors (Lipinski definition) is 6. The van der Waals surface area contributed by atoms with Crippen LogP contribution in [0.5, 0.6) is 0 Å². The second kappa shape index (κ2) is 9.08. The van der Waals surface area contributed by atoms with Crippen LogP contribution in [0.1, 0.15) is 27.2 Å². The maximum absolute atomic E-state index is 13.3. The summed E-state index contributed by atoms with van der Waals surface area (Å²) in [6.45, 7) is 1.96. The van der Waals surface area contributed by atoms with E-state index in [1.807, 2.05) is 0 Å². The summed E-state index contributed by atoms with van der Waals surface area (Å²) in [5, 5.41) is 7.29. The van der Waals surface area contributed by atoms with E-state index in [9.17, 15) is 17.6 Å². The number of sulfonamides is 1. The van der Waals surface area contributed by atoms with Crippen molar-refractivity contribution in [1.29, 1.82) is 0 Å². The van der Waals surface area contributed by atoms with Crippen molar-refractivity contribution < 1.29 is 22.1 Å². The highest BCUT2D eigenvalue weighted by molar-refractivity contribution is 7.88. The molecule has 2 aromatic heterocycles. The molecule has 1 amide bonds. The number of benzene rings is 2. The Kier molecular flexibility index (Phi) is 6.21. The zero-order valence-electron chi connectivity index (χ0n) is 17.9. The number of rotatable bonds is 7. The van der Waals surface area contributed by atoms with E-state index in [4.69, 9.17) is 4.52 Å². The zero-order chi connectivity index (χ0) is 23.6. The minimum Gasteiger partial charge on any atom is -0.348 e. The van der Waals surface area contributed by atoms with Gasteiger partial charge in [-0.3, -0.25) is 4.79 Å². The number of pyridine rings is 1. The van der Waals surface area contributed by atoms with Crippen LogP contribution in [0.4, 0.5) is 4.39 Å². The summed E-state index contributed by atoms with van der Waals surface area (Å²) in [4.78, 5) is 17.5. The van der Waals surface area contributed by atoms with Crippen molar-refractivity contribution in [1.82, 2.24) is 20.2 Å². The zero-order valence-corrected chi connectivity index (χ0v) is 18.7. The van der Waals surface area contributed by atoms with Gasteiger partial charge in [0.15, 0.2) is 0 Å². The molecule has 0 radical (unpaired) electrons. The van der Waals surface area contributed by atoms with E-state index < -0.39 is 10.0 Å². The molecule has 0 bridgehead atoms. The molecule has 4 rings (SSSR count). The van der Waals surface area contributed by atoms with Crippen molar-refractivity contribution in [2.75, 3.05) is 7.05 Å². The third-order valence-electron chi connectivity index (χ3n) is 5.15. The fourth-order valence-electron chi connectivity index (χ4n) is 3.36. The summed E-state index contributed by atoms with van der Waals surface area (Å²) in [6.07, 6.45) is 0. The first kappa shape index (κ1) is 22.6. The fraction of sp³-hybridized carbons (Fsp3) is 0.174. The number of halogens is 1. The maximum atomic E-state index is 13.3. The molecule has 0 fully saturated rings. The number of amides is 1. The molecule has 0 atom stereocenters. The van der Waals surface area contributed by atoms with Crippen LogP contribution in [-0.4, -0.2) is 31.5 Å². The van der Waals surface area contributed by atoms with Gasteiger partial charge in [0.05, 0.1) is 28.1 Å². The van der Waals surface area contributed by atoms with Crippen LogP contribution < -0.4 is 10.0 Å². The number of aryl methyl sites for hydroxylation is 1. The molecule has 0 aliphatic heterocycles. The standard InChI is InChI=1S/C23H21FN4O4S/c1-14-21-19(11-20(27-23(21)32-28-14)17-7-9-18(24)10-8-17)22(29)26-12-15-3-5-16(6-4-15)13-33(30,31)25-2/h3-11,25H,12-13H2,1-2H3,(H,26,29). The first-order valence-electron chi connectivity index (χ1n) is 10.1. The maximum Gasteiger partial charge on any atom is 0.259 e. The summed E-state index contributed by atoms with van der Waals surface area (Å²) in [6, 6.07) is 14.3. The summed E-state index contributed by atoms with van der Waals surface area (Å²) in [5.41, 5.74) is 3.62. The van der Waals surface area contributed by atoms with E-state index in [1.165, 1.54) is 19.2 Å². The van der Waals surface area contributed by atoms with E-state index in [-0.39, 0.29) is 29.7 Å². The van der Waals surface area contributed by atoms with Crippen molar-refractivity contribution in [2.24, 2.45) is 0 Å². The van der Waals surface area contributed by atoms with Gasteiger partial charge in [0.25, 0.3) is 11.6 Å². The smallest absolute Gasteiger partial charge is 0.259 e. The minimum atomic E-state index is -3.36. The van der Waals surface area contributed by atoms with Gasteiger partial charge in [-0.1, -0.05) is 29.4 Å². The van der Waals surface area contributed by atoms with Gasteiger partial charge in [0.2, 0.25) is 10.0 Å².